The Bertz CT molecular complexity index is 607. The molecule has 0 saturated carbocycles. The molecule has 5 heteroatoms. The van der Waals surface area contributed by atoms with Crippen LogP contribution in [0.5, 0.6) is 0 Å². The molecule has 0 aliphatic carbocycles. The van der Waals surface area contributed by atoms with Gasteiger partial charge in [-0.3, -0.25) is 10.1 Å². The second kappa shape index (κ2) is 5.84. The Balaban J connectivity index is 2.18. The lowest BCUT2D eigenvalue weighted by atomic mass is 10.1. The number of hydrogen-bond acceptors (Lipinski definition) is 3. The van der Waals surface area contributed by atoms with Crippen LogP contribution >= 0.6 is 27.3 Å². The molecular formula is C14H15BrN2OS. The molecule has 1 amide bonds. The van der Waals surface area contributed by atoms with E-state index in [1.165, 1.54) is 11.3 Å². The van der Waals surface area contributed by atoms with Crippen molar-refractivity contribution in [1.29, 1.82) is 0 Å². The van der Waals surface area contributed by atoms with Crippen molar-refractivity contribution < 1.29 is 4.79 Å². The standard InChI is InChI=1S/C14H15BrN2OS/c1-8(2)12-7-19-14(16-12)17-13(18)11-6-10(15)5-4-9(11)3/h4-8H,1-3H3,(H,16,17,18). The Morgan fingerprint density at radius 1 is 1.42 bits per heavy atom. The number of hydrogen-bond donors (Lipinski definition) is 1. The number of nitrogens with one attached hydrogen (secondary N) is 1. The van der Waals surface area contributed by atoms with Gasteiger partial charge in [0.25, 0.3) is 5.91 Å². The number of anilines is 1. The minimum Gasteiger partial charge on any atom is -0.298 e. The predicted molar refractivity (Wildman–Crippen MR) is 83.0 cm³/mol. The van der Waals surface area contributed by atoms with E-state index in [0.717, 1.165) is 15.7 Å². The smallest absolute Gasteiger partial charge is 0.257 e. The minimum atomic E-state index is -0.122. The van der Waals surface area contributed by atoms with Crippen molar-refractivity contribution in [2.75, 3.05) is 5.32 Å². The van der Waals surface area contributed by atoms with E-state index in [-0.39, 0.29) is 5.91 Å². The Hall–Kier alpha value is -1.20. The van der Waals surface area contributed by atoms with Gasteiger partial charge < -0.3 is 0 Å². The number of carbonyl (C=O) groups is 1. The van der Waals surface area contributed by atoms with Gasteiger partial charge in [-0.1, -0.05) is 35.8 Å². The maximum Gasteiger partial charge on any atom is 0.257 e. The number of thiazole rings is 1. The molecule has 0 unspecified atom stereocenters. The zero-order chi connectivity index (χ0) is 14.0. The van der Waals surface area contributed by atoms with Crippen molar-refractivity contribution in [3.63, 3.8) is 0 Å². The van der Waals surface area contributed by atoms with Crippen LogP contribution in [0.4, 0.5) is 5.13 Å². The van der Waals surface area contributed by atoms with E-state index >= 15 is 0 Å². The van der Waals surface area contributed by atoms with Crippen LogP contribution in [0.25, 0.3) is 0 Å². The van der Waals surface area contributed by atoms with E-state index in [1.807, 2.05) is 30.5 Å². The summed E-state index contributed by atoms with van der Waals surface area (Å²) in [4.78, 5) is 16.6. The average Bonchev–Trinajstić information content (AvgIpc) is 2.80. The summed E-state index contributed by atoms with van der Waals surface area (Å²) in [5, 5.41) is 5.48. The fourth-order valence-corrected chi connectivity index (χ4v) is 2.84. The van der Waals surface area contributed by atoms with E-state index in [4.69, 9.17) is 0 Å². The predicted octanol–water partition coefficient (Wildman–Crippen LogP) is 4.59. The van der Waals surface area contributed by atoms with Gasteiger partial charge in [0.1, 0.15) is 0 Å². The first-order valence-corrected chi connectivity index (χ1v) is 7.67. The fraction of sp³-hybridized carbons (Fsp3) is 0.286. The summed E-state index contributed by atoms with van der Waals surface area (Å²) in [5.41, 5.74) is 2.61. The number of rotatable bonds is 3. The van der Waals surface area contributed by atoms with Crippen molar-refractivity contribution in [2.45, 2.75) is 26.7 Å². The van der Waals surface area contributed by atoms with E-state index in [9.17, 15) is 4.79 Å². The molecule has 0 aliphatic heterocycles. The second-order valence-electron chi connectivity index (χ2n) is 4.65. The van der Waals surface area contributed by atoms with Gasteiger partial charge in [-0.05, 0) is 30.5 Å². The Morgan fingerprint density at radius 2 is 2.16 bits per heavy atom. The molecule has 1 heterocycles. The van der Waals surface area contributed by atoms with Crippen LogP contribution in [0.3, 0.4) is 0 Å². The minimum absolute atomic E-state index is 0.122. The van der Waals surface area contributed by atoms with Crippen LogP contribution in [0.2, 0.25) is 0 Å². The zero-order valence-electron chi connectivity index (χ0n) is 11.0. The van der Waals surface area contributed by atoms with Crippen LogP contribution in [-0.2, 0) is 0 Å². The van der Waals surface area contributed by atoms with Gasteiger partial charge in [-0.15, -0.1) is 11.3 Å². The SMILES string of the molecule is Cc1ccc(Br)cc1C(=O)Nc1nc(C(C)C)cs1. The number of amides is 1. The third kappa shape index (κ3) is 3.42. The molecule has 0 saturated heterocycles. The highest BCUT2D eigenvalue weighted by molar-refractivity contribution is 9.10. The van der Waals surface area contributed by atoms with E-state index < -0.39 is 0 Å². The molecule has 0 atom stereocenters. The van der Waals surface area contributed by atoms with Gasteiger partial charge >= 0.3 is 0 Å². The van der Waals surface area contributed by atoms with Gasteiger partial charge in [0, 0.05) is 15.4 Å². The topological polar surface area (TPSA) is 42.0 Å². The van der Waals surface area contributed by atoms with Crippen molar-refractivity contribution in [2.24, 2.45) is 0 Å². The van der Waals surface area contributed by atoms with Crippen molar-refractivity contribution in [3.8, 4) is 0 Å². The first-order chi connectivity index (χ1) is 8.97. The van der Waals surface area contributed by atoms with E-state index in [0.29, 0.717) is 16.6 Å². The average molecular weight is 339 g/mol. The lowest BCUT2D eigenvalue weighted by Crippen LogP contribution is -2.13. The molecule has 1 aromatic carbocycles. The fourth-order valence-electron chi connectivity index (χ4n) is 1.61. The van der Waals surface area contributed by atoms with Crippen LogP contribution in [0.15, 0.2) is 28.1 Å². The Labute approximate surface area is 125 Å². The second-order valence-corrected chi connectivity index (χ2v) is 6.42. The summed E-state index contributed by atoms with van der Waals surface area (Å²) in [6.45, 7) is 6.08. The van der Waals surface area contributed by atoms with Gasteiger partial charge in [0.15, 0.2) is 5.13 Å². The molecule has 0 bridgehead atoms. The first-order valence-electron chi connectivity index (χ1n) is 6.00. The summed E-state index contributed by atoms with van der Waals surface area (Å²) in [7, 11) is 0. The van der Waals surface area contributed by atoms with Crippen LogP contribution in [0.1, 0.15) is 41.4 Å². The van der Waals surface area contributed by atoms with Gasteiger partial charge in [-0.2, -0.15) is 0 Å². The summed E-state index contributed by atoms with van der Waals surface area (Å²) in [6.07, 6.45) is 0. The molecule has 100 valence electrons. The highest BCUT2D eigenvalue weighted by Gasteiger charge is 2.12. The van der Waals surface area contributed by atoms with E-state index in [2.05, 4.69) is 40.1 Å². The maximum absolute atomic E-state index is 12.2. The summed E-state index contributed by atoms with van der Waals surface area (Å²) < 4.78 is 0.894. The van der Waals surface area contributed by atoms with Crippen molar-refractivity contribution in [1.82, 2.24) is 4.98 Å². The number of aromatic nitrogens is 1. The summed E-state index contributed by atoms with van der Waals surface area (Å²) >= 11 is 4.84. The van der Waals surface area contributed by atoms with Crippen molar-refractivity contribution in [3.05, 3.63) is 44.9 Å². The van der Waals surface area contributed by atoms with Gasteiger partial charge in [0.05, 0.1) is 5.69 Å². The third-order valence-electron chi connectivity index (χ3n) is 2.78. The zero-order valence-corrected chi connectivity index (χ0v) is 13.4. The lowest BCUT2D eigenvalue weighted by Gasteiger charge is -2.06. The van der Waals surface area contributed by atoms with Crippen molar-refractivity contribution >= 4 is 38.3 Å². The van der Waals surface area contributed by atoms with Crippen LogP contribution in [0, 0.1) is 6.92 Å². The molecule has 0 spiro atoms. The molecule has 19 heavy (non-hydrogen) atoms. The molecule has 2 aromatic rings. The molecular weight excluding hydrogens is 324 g/mol. The molecule has 1 aromatic heterocycles. The third-order valence-corrected chi connectivity index (χ3v) is 4.05. The summed E-state index contributed by atoms with van der Waals surface area (Å²) in [6, 6.07) is 5.66. The number of nitrogens with zero attached hydrogens (tertiary/aromatic N) is 1. The highest BCUT2D eigenvalue weighted by atomic mass is 79.9. The molecule has 0 aliphatic rings. The highest BCUT2D eigenvalue weighted by Crippen LogP contribution is 2.23. The lowest BCUT2D eigenvalue weighted by molar-refractivity contribution is 0.102. The quantitative estimate of drug-likeness (QED) is 0.889. The maximum atomic E-state index is 12.2. The Kier molecular flexibility index (Phi) is 4.37. The number of halogens is 1. The number of benzene rings is 1. The summed E-state index contributed by atoms with van der Waals surface area (Å²) in [5.74, 6) is 0.248. The molecule has 0 fully saturated rings. The van der Waals surface area contributed by atoms with E-state index in [1.54, 1.807) is 0 Å². The number of aryl methyl sites for hydroxylation is 1. The first kappa shape index (κ1) is 14.2. The monoisotopic (exact) mass is 338 g/mol. The normalized spacial score (nSPS) is 10.8. The van der Waals surface area contributed by atoms with Crippen LogP contribution in [-0.4, -0.2) is 10.9 Å². The Morgan fingerprint density at radius 3 is 2.79 bits per heavy atom. The van der Waals surface area contributed by atoms with Gasteiger partial charge in [-0.25, -0.2) is 4.98 Å². The number of carbonyl (C=O) groups excluding carboxylic acids is 1. The molecule has 1 N–H and O–H groups in total. The molecule has 2 rings (SSSR count). The van der Waals surface area contributed by atoms with Gasteiger partial charge in [0.2, 0.25) is 0 Å². The molecule has 3 nitrogen and oxygen atoms in total. The largest absolute Gasteiger partial charge is 0.298 e. The molecule has 0 radical (unpaired) electrons. The van der Waals surface area contributed by atoms with Crippen LogP contribution < -0.4 is 5.32 Å².